The van der Waals surface area contributed by atoms with E-state index in [2.05, 4.69) is 27.1 Å². The van der Waals surface area contributed by atoms with Crippen molar-refractivity contribution in [2.75, 3.05) is 27.2 Å². The van der Waals surface area contributed by atoms with Crippen LogP contribution in [0.15, 0.2) is 29.1 Å². The van der Waals surface area contributed by atoms with E-state index in [4.69, 9.17) is 0 Å². The van der Waals surface area contributed by atoms with Crippen molar-refractivity contribution >= 4 is 10.9 Å². The van der Waals surface area contributed by atoms with Gasteiger partial charge in [-0.3, -0.25) is 4.79 Å². The molecule has 1 atom stereocenters. The van der Waals surface area contributed by atoms with Gasteiger partial charge in [0.05, 0.1) is 16.9 Å². The second kappa shape index (κ2) is 6.63. The number of hydrogen-bond acceptors (Lipinski definition) is 4. The normalized spacial score (nSPS) is 13.0. The number of likely N-dealkylation sites (N-methyl/N-ethyl adjacent to an activating group) is 1. The Hall–Kier alpha value is -1.72. The summed E-state index contributed by atoms with van der Waals surface area (Å²) in [5.74, 6) is 0.718. The summed E-state index contributed by atoms with van der Waals surface area (Å²) >= 11 is 0. The fourth-order valence-corrected chi connectivity index (χ4v) is 2.17. The monoisotopic (exact) mass is 274 g/mol. The van der Waals surface area contributed by atoms with Crippen LogP contribution in [0.5, 0.6) is 0 Å². The fourth-order valence-electron chi connectivity index (χ4n) is 2.17. The zero-order chi connectivity index (χ0) is 14.5. The lowest BCUT2D eigenvalue weighted by Gasteiger charge is -2.18. The van der Waals surface area contributed by atoms with Crippen molar-refractivity contribution < 1.29 is 0 Å². The number of H-pyrrole nitrogens is 1. The fraction of sp³-hybridized carbons (Fsp3) is 0.467. The first-order chi connectivity index (χ1) is 9.61. The van der Waals surface area contributed by atoms with Gasteiger partial charge in [-0.05, 0) is 32.6 Å². The van der Waals surface area contributed by atoms with Crippen molar-refractivity contribution in [2.24, 2.45) is 0 Å². The standard InChI is InChI=1S/C15H22N4O/c1-4-12(16-9-10-19(2)3)14-17-13-8-6-5-7-11(13)15(20)18-14/h5-8,12,16H,4,9-10H2,1-3H3,(H,17,18,20)/t12-/m0/s1. The lowest BCUT2D eigenvalue weighted by Crippen LogP contribution is -2.31. The Morgan fingerprint density at radius 3 is 2.80 bits per heavy atom. The Morgan fingerprint density at radius 1 is 1.35 bits per heavy atom. The largest absolute Gasteiger partial charge is 0.309 e. The van der Waals surface area contributed by atoms with Crippen molar-refractivity contribution in [2.45, 2.75) is 19.4 Å². The number of aromatic nitrogens is 2. The third-order valence-electron chi connectivity index (χ3n) is 3.32. The maximum Gasteiger partial charge on any atom is 0.258 e. The zero-order valence-electron chi connectivity index (χ0n) is 12.3. The van der Waals surface area contributed by atoms with E-state index < -0.39 is 0 Å². The number of nitrogens with zero attached hydrogens (tertiary/aromatic N) is 2. The van der Waals surface area contributed by atoms with E-state index in [-0.39, 0.29) is 11.6 Å². The summed E-state index contributed by atoms with van der Waals surface area (Å²) in [6.45, 7) is 3.90. The van der Waals surface area contributed by atoms with Crippen LogP contribution in [0.2, 0.25) is 0 Å². The number of aromatic amines is 1. The van der Waals surface area contributed by atoms with Crippen LogP contribution in [0.25, 0.3) is 10.9 Å². The first kappa shape index (κ1) is 14.7. The van der Waals surface area contributed by atoms with E-state index in [0.29, 0.717) is 5.39 Å². The molecular weight excluding hydrogens is 252 g/mol. The van der Waals surface area contributed by atoms with Crippen molar-refractivity contribution in [1.82, 2.24) is 20.2 Å². The summed E-state index contributed by atoms with van der Waals surface area (Å²) in [6.07, 6.45) is 0.884. The van der Waals surface area contributed by atoms with Crippen LogP contribution in [0, 0.1) is 0 Å². The molecule has 0 fully saturated rings. The first-order valence-electron chi connectivity index (χ1n) is 6.99. The zero-order valence-corrected chi connectivity index (χ0v) is 12.3. The van der Waals surface area contributed by atoms with Crippen LogP contribution >= 0.6 is 0 Å². The quantitative estimate of drug-likeness (QED) is 0.838. The van der Waals surface area contributed by atoms with Crippen molar-refractivity contribution in [1.29, 1.82) is 0 Å². The van der Waals surface area contributed by atoms with E-state index in [1.807, 2.05) is 32.3 Å². The summed E-state index contributed by atoms with van der Waals surface area (Å²) in [5.41, 5.74) is 0.678. The number of fused-ring (bicyclic) bond motifs is 1. The van der Waals surface area contributed by atoms with Crippen LogP contribution in [0.3, 0.4) is 0 Å². The van der Waals surface area contributed by atoms with E-state index in [1.54, 1.807) is 6.07 Å². The highest BCUT2D eigenvalue weighted by atomic mass is 16.1. The number of nitrogens with one attached hydrogen (secondary N) is 2. The number of rotatable bonds is 6. The molecule has 2 aromatic rings. The van der Waals surface area contributed by atoms with Crippen LogP contribution in [0.4, 0.5) is 0 Å². The van der Waals surface area contributed by atoms with Crippen LogP contribution in [-0.2, 0) is 0 Å². The molecule has 1 heterocycles. The molecule has 0 aliphatic heterocycles. The number of hydrogen-bond donors (Lipinski definition) is 2. The first-order valence-corrected chi connectivity index (χ1v) is 6.99. The average Bonchev–Trinajstić information content (AvgIpc) is 2.43. The van der Waals surface area contributed by atoms with Gasteiger partial charge < -0.3 is 15.2 Å². The van der Waals surface area contributed by atoms with Gasteiger partial charge in [0.1, 0.15) is 5.82 Å². The molecule has 2 rings (SSSR count). The molecule has 5 heteroatoms. The maximum absolute atomic E-state index is 12.1. The molecule has 0 bridgehead atoms. The molecule has 0 aliphatic rings. The highest BCUT2D eigenvalue weighted by Crippen LogP contribution is 2.13. The van der Waals surface area contributed by atoms with Gasteiger partial charge in [-0.25, -0.2) is 4.98 Å². The van der Waals surface area contributed by atoms with Crippen molar-refractivity contribution in [3.05, 3.63) is 40.4 Å². The Bertz CT molecular complexity index is 621. The van der Waals surface area contributed by atoms with Crippen LogP contribution in [0.1, 0.15) is 25.2 Å². The predicted molar refractivity (Wildman–Crippen MR) is 82.0 cm³/mol. The van der Waals surface area contributed by atoms with Gasteiger partial charge in [-0.2, -0.15) is 0 Å². The molecule has 1 aromatic carbocycles. The molecule has 5 nitrogen and oxygen atoms in total. The lowest BCUT2D eigenvalue weighted by molar-refractivity contribution is 0.378. The van der Waals surface area contributed by atoms with Gasteiger partial charge >= 0.3 is 0 Å². The smallest absolute Gasteiger partial charge is 0.258 e. The minimum atomic E-state index is -0.0709. The van der Waals surface area contributed by atoms with Gasteiger partial charge in [0, 0.05) is 13.1 Å². The molecule has 20 heavy (non-hydrogen) atoms. The van der Waals surface area contributed by atoms with Crippen molar-refractivity contribution in [3.8, 4) is 0 Å². The molecule has 0 radical (unpaired) electrons. The van der Waals surface area contributed by atoms with Gasteiger partial charge in [-0.15, -0.1) is 0 Å². The maximum atomic E-state index is 12.1. The van der Waals surface area contributed by atoms with Gasteiger partial charge in [0.25, 0.3) is 5.56 Å². The van der Waals surface area contributed by atoms with E-state index in [0.717, 1.165) is 30.9 Å². The molecule has 108 valence electrons. The molecule has 0 saturated carbocycles. The summed E-state index contributed by atoms with van der Waals surface area (Å²) in [6, 6.07) is 7.50. The van der Waals surface area contributed by atoms with Crippen molar-refractivity contribution in [3.63, 3.8) is 0 Å². The molecule has 1 aromatic heterocycles. The molecule has 0 aliphatic carbocycles. The Morgan fingerprint density at radius 2 is 2.10 bits per heavy atom. The summed E-state index contributed by atoms with van der Waals surface area (Å²) in [7, 11) is 4.08. The molecule has 2 N–H and O–H groups in total. The minimum Gasteiger partial charge on any atom is -0.309 e. The molecule has 0 unspecified atom stereocenters. The van der Waals surface area contributed by atoms with E-state index in [9.17, 15) is 4.79 Å². The second-order valence-corrected chi connectivity index (χ2v) is 5.19. The van der Waals surface area contributed by atoms with Crippen LogP contribution in [-0.4, -0.2) is 42.1 Å². The number of para-hydroxylation sites is 1. The molecular formula is C15H22N4O. The highest BCUT2D eigenvalue weighted by molar-refractivity contribution is 5.77. The highest BCUT2D eigenvalue weighted by Gasteiger charge is 2.13. The number of benzene rings is 1. The Balaban J connectivity index is 2.23. The lowest BCUT2D eigenvalue weighted by atomic mass is 10.2. The van der Waals surface area contributed by atoms with E-state index in [1.165, 1.54) is 0 Å². The summed E-state index contributed by atoms with van der Waals surface area (Å²) in [4.78, 5) is 21.7. The summed E-state index contributed by atoms with van der Waals surface area (Å²) < 4.78 is 0. The third kappa shape index (κ3) is 3.43. The Kier molecular flexibility index (Phi) is 4.87. The van der Waals surface area contributed by atoms with Gasteiger partial charge in [0.15, 0.2) is 0 Å². The predicted octanol–water partition coefficient (Wildman–Crippen LogP) is 1.53. The van der Waals surface area contributed by atoms with Gasteiger partial charge in [0.2, 0.25) is 0 Å². The molecule has 0 saturated heterocycles. The second-order valence-electron chi connectivity index (χ2n) is 5.19. The minimum absolute atomic E-state index is 0.0709. The third-order valence-corrected chi connectivity index (χ3v) is 3.32. The molecule has 0 spiro atoms. The molecule has 0 amide bonds. The topological polar surface area (TPSA) is 61.0 Å². The average molecular weight is 274 g/mol. The SMILES string of the molecule is CC[C@H](NCCN(C)C)c1nc2ccccc2c(=O)[nH]1. The summed E-state index contributed by atoms with van der Waals surface area (Å²) in [5, 5.41) is 4.07. The van der Waals surface area contributed by atoms with E-state index >= 15 is 0 Å². The Labute approximate surface area is 119 Å². The van der Waals surface area contributed by atoms with Crippen LogP contribution < -0.4 is 10.9 Å². The van der Waals surface area contributed by atoms with Gasteiger partial charge in [-0.1, -0.05) is 19.1 Å².